The van der Waals surface area contributed by atoms with E-state index in [1.807, 2.05) is 0 Å². The van der Waals surface area contributed by atoms with Gasteiger partial charge < -0.3 is 5.11 Å². The topological polar surface area (TPSA) is 20.2 Å². The van der Waals surface area contributed by atoms with Crippen molar-refractivity contribution in [3.8, 4) is 0 Å². The van der Waals surface area contributed by atoms with Gasteiger partial charge in [-0.1, -0.05) is 18.5 Å². The molecular formula is C12H16ClFOS. The van der Waals surface area contributed by atoms with E-state index in [2.05, 4.69) is 6.92 Å². The largest absolute Gasteiger partial charge is 0.393 e. The molecule has 1 N–H and O–H groups in total. The van der Waals surface area contributed by atoms with Crippen LogP contribution in [0.1, 0.15) is 18.9 Å². The highest BCUT2D eigenvalue weighted by atomic mass is 35.5. The lowest BCUT2D eigenvalue weighted by molar-refractivity contribution is 0.172. The van der Waals surface area contributed by atoms with E-state index in [1.165, 1.54) is 18.2 Å². The van der Waals surface area contributed by atoms with Crippen molar-refractivity contribution in [1.29, 1.82) is 0 Å². The highest BCUT2D eigenvalue weighted by Crippen LogP contribution is 2.19. The highest BCUT2D eigenvalue weighted by molar-refractivity contribution is 7.99. The fourth-order valence-electron chi connectivity index (χ4n) is 1.42. The number of aliphatic hydroxyl groups excluding tert-OH is 1. The van der Waals surface area contributed by atoms with Crippen LogP contribution in [0.5, 0.6) is 0 Å². The third-order valence-electron chi connectivity index (χ3n) is 2.26. The number of halogens is 2. The van der Waals surface area contributed by atoms with E-state index in [0.29, 0.717) is 23.4 Å². The number of hydrogen-bond donors (Lipinski definition) is 1. The van der Waals surface area contributed by atoms with Crippen LogP contribution in [0.15, 0.2) is 18.2 Å². The summed E-state index contributed by atoms with van der Waals surface area (Å²) in [7, 11) is 0. The summed E-state index contributed by atoms with van der Waals surface area (Å²) in [6.45, 7) is 2.08. The van der Waals surface area contributed by atoms with E-state index >= 15 is 0 Å². The molecule has 0 bridgehead atoms. The molecule has 1 rings (SSSR count). The van der Waals surface area contributed by atoms with Crippen molar-refractivity contribution in [3.63, 3.8) is 0 Å². The Hall–Kier alpha value is -0.250. The second kappa shape index (κ2) is 7.15. The summed E-state index contributed by atoms with van der Waals surface area (Å²) in [6.07, 6.45) is 0.685. The van der Waals surface area contributed by atoms with Crippen LogP contribution in [0.4, 0.5) is 4.39 Å². The average Bonchev–Trinajstić information content (AvgIpc) is 2.24. The monoisotopic (exact) mass is 262 g/mol. The summed E-state index contributed by atoms with van der Waals surface area (Å²) in [5, 5.41) is 10.3. The second-order valence-corrected chi connectivity index (χ2v) is 5.38. The van der Waals surface area contributed by atoms with E-state index in [-0.39, 0.29) is 5.82 Å². The Balaban J connectivity index is 2.48. The third-order valence-corrected chi connectivity index (χ3v) is 3.56. The minimum absolute atomic E-state index is 0.311. The predicted octanol–water partition coefficient (Wildman–Crippen LogP) is 3.53. The van der Waals surface area contributed by atoms with Crippen LogP contribution < -0.4 is 0 Å². The molecule has 1 atom stereocenters. The van der Waals surface area contributed by atoms with Gasteiger partial charge >= 0.3 is 0 Å². The Bertz CT molecular complexity index is 333. The molecule has 90 valence electrons. The van der Waals surface area contributed by atoms with Crippen molar-refractivity contribution in [2.24, 2.45) is 0 Å². The highest BCUT2D eigenvalue weighted by Gasteiger charge is 2.09. The zero-order valence-electron chi connectivity index (χ0n) is 9.25. The molecular weight excluding hydrogens is 247 g/mol. The first kappa shape index (κ1) is 13.8. The standard InChI is InChI=1S/C12H16ClFOS/c1-2-16-6-5-11(15)8-9-7-10(14)3-4-12(9)13/h3-4,7,11,15H,2,5-6,8H2,1H3. The van der Waals surface area contributed by atoms with Crippen LogP contribution in [0, 0.1) is 5.82 Å². The molecule has 0 saturated heterocycles. The first-order valence-corrected chi connectivity index (χ1v) is 6.86. The molecule has 0 heterocycles. The van der Waals surface area contributed by atoms with Gasteiger partial charge in [0.05, 0.1) is 6.10 Å². The lowest BCUT2D eigenvalue weighted by Gasteiger charge is -2.11. The molecule has 1 aromatic carbocycles. The normalized spacial score (nSPS) is 12.8. The predicted molar refractivity (Wildman–Crippen MR) is 68.7 cm³/mol. The van der Waals surface area contributed by atoms with Gasteiger partial charge in [0.2, 0.25) is 0 Å². The third kappa shape index (κ3) is 4.73. The van der Waals surface area contributed by atoms with Gasteiger partial charge in [-0.2, -0.15) is 11.8 Å². The van der Waals surface area contributed by atoms with Gasteiger partial charge in [-0.15, -0.1) is 0 Å². The van der Waals surface area contributed by atoms with E-state index in [4.69, 9.17) is 11.6 Å². The summed E-state index contributed by atoms with van der Waals surface area (Å²) in [5.74, 6) is 1.66. The van der Waals surface area contributed by atoms with Gasteiger partial charge in [-0.25, -0.2) is 4.39 Å². The maximum Gasteiger partial charge on any atom is 0.123 e. The Labute approximate surface area is 105 Å². The Morgan fingerprint density at radius 2 is 2.25 bits per heavy atom. The van der Waals surface area contributed by atoms with Gasteiger partial charge in [0.25, 0.3) is 0 Å². The molecule has 0 aliphatic carbocycles. The Morgan fingerprint density at radius 3 is 2.94 bits per heavy atom. The van der Waals surface area contributed by atoms with Crippen molar-refractivity contribution >= 4 is 23.4 Å². The lowest BCUT2D eigenvalue weighted by atomic mass is 10.1. The molecule has 0 amide bonds. The second-order valence-electron chi connectivity index (χ2n) is 3.58. The molecule has 0 aliphatic heterocycles. The Kier molecular flexibility index (Phi) is 6.17. The zero-order valence-corrected chi connectivity index (χ0v) is 10.8. The summed E-state index contributed by atoms with van der Waals surface area (Å²) >= 11 is 7.71. The molecule has 0 saturated carbocycles. The quantitative estimate of drug-likeness (QED) is 0.792. The van der Waals surface area contributed by atoms with Gasteiger partial charge in [0.1, 0.15) is 5.82 Å². The first-order valence-electron chi connectivity index (χ1n) is 5.33. The number of hydrogen-bond acceptors (Lipinski definition) is 2. The summed E-state index contributed by atoms with van der Waals surface area (Å²) in [6, 6.07) is 4.24. The van der Waals surface area contributed by atoms with E-state index in [1.54, 1.807) is 11.8 Å². The van der Waals surface area contributed by atoms with E-state index < -0.39 is 6.10 Å². The summed E-state index contributed by atoms with van der Waals surface area (Å²) in [5.41, 5.74) is 0.677. The minimum atomic E-state index is -0.446. The lowest BCUT2D eigenvalue weighted by Crippen LogP contribution is -2.12. The number of aliphatic hydroxyl groups is 1. The average molecular weight is 263 g/mol. The molecule has 0 fully saturated rings. The smallest absolute Gasteiger partial charge is 0.123 e. The SMILES string of the molecule is CCSCCC(O)Cc1cc(F)ccc1Cl. The van der Waals surface area contributed by atoms with Crippen LogP contribution >= 0.6 is 23.4 Å². The molecule has 0 spiro atoms. The molecule has 0 radical (unpaired) electrons. The molecule has 1 aromatic rings. The number of rotatable bonds is 6. The van der Waals surface area contributed by atoms with Gasteiger partial charge in [-0.05, 0) is 48.1 Å². The van der Waals surface area contributed by atoms with Gasteiger partial charge in [0, 0.05) is 5.02 Å². The van der Waals surface area contributed by atoms with Crippen LogP contribution in [0.3, 0.4) is 0 Å². The van der Waals surface area contributed by atoms with Crippen LogP contribution in [-0.4, -0.2) is 22.7 Å². The summed E-state index contributed by atoms with van der Waals surface area (Å²) < 4.78 is 13.0. The van der Waals surface area contributed by atoms with Crippen molar-refractivity contribution in [1.82, 2.24) is 0 Å². The number of benzene rings is 1. The van der Waals surface area contributed by atoms with Gasteiger partial charge in [0.15, 0.2) is 0 Å². The molecule has 0 aliphatic rings. The molecule has 4 heteroatoms. The van der Waals surface area contributed by atoms with Crippen molar-refractivity contribution in [2.75, 3.05) is 11.5 Å². The molecule has 1 unspecified atom stereocenters. The van der Waals surface area contributed by atoms with Crippen molar-refractivity contribution < 1.29 is 9.50 Å². The first-order chi connectivity index (χ1) is 7.63. The van der Waals surface area contributed by atoms with E-state index in [0.717, 1.165) is 11.5 Å². The fourth-order valence-corrected chi connectivity index (χ4v) is 2.34. The molecule has 16 heavy (non-hydrogen) atoms. The fraction of sp³-hybridized carbons (Fsp3) is 0.500. The summed E-state index contributed by atoms with van der Waals surface area (Å²) in [4.78, 5) is 0. The van der Waals surface area contributed by atoms with Crippen molar-refractivity contribution in [3.05, 3.63) is 34.6 Å². The minimum Gasteiger partial charge on any atom is -0.393 e. The van der Waals surface area contributed by atoms with Crippen LogP contribution in [0.25, 0.3) is 0 Å². The molecule has 0 aromatic heterocycles. The van der Waals surface area contributed by atoms with Gasteiger partial charge in [-0.3, -0.25) is 0 Å². The van der Waals surface area contributed by atoms with Crippen LogP contribution in [-0.2, 0) is 6.42 Å². The maximum absolute atomic E-state index is 13.0. The van der Waals surface area contributed by atoms with Crippen molar-refractivity contribution in [2.45, 2.75) is 25.9 Å². The molecule has 1 nitrogen and oxygen atoms in total. The maximum atomic E-state index is 13.0. The Morgan fingerprint density at radius 1 is 1.50 bits per heavy atom. The number of thioether (sulfide) groups is 1. The zero-order chi connectivity index (χ0) is 12.0. The van der Waals surface area contributed by atoms with E-state index in [9.17, 15) is 9.50 Å². The van der Waals surface area contributed by atoms with Crippen LogP contribution in [0.2, 0.25) is 5.02 Å².